The highest BCUT2D eigenvalue weighted by Crippen LogP contribution is 2.46. The predicted molar refractivity (Wildman–Crippen MR) is 315 cm³/mol. The van der Waals surface area contributed by atoms with E-state index in [9.17, 15) is 4.91 Å². The molecule has 0 N–H and O–H groups in total. The zero-order chi connectivity index (χ0) is 50.4. The Bertz CT molecular complexity index is 4060. The summed E-state index contributed by atoms with van der Waals surface area (Å²) in [6.45, 7) is 2.20. The molecule has 0 saturated heterocycles. The van der Waals surface area contributed by atoms with Crippen molar-refractivity contribution in [3.63, 3.8) is 0 Å². The number of aryl methyl sites for hydroxylation is 1. The lowest BCUT2D eigenvalue weighted by atomic mass is 9.95. The smallest absolute Gasteiger partial charge is 0.119 e. The Morgan fingerprint density at radius 3 is 1.65 bits per heavy atom. The summed E-state index contributed by atoms with van der Waals surface area (Å²) in [5.74, 6) is 0.833. The average Bonchev–Trinajstić information content (AvgIpc) is 3.85. The van der Waals surface area contributed by atoms with Crippen LogP contribution in [0.2, 0.25) is 0 Å². The Morgan fingerprint density at radius 1 is 0.440 bits per heavy atom. The first-order chi connectivity index (χ1) is 37.0. The highest BCUT2D eigenvalue weighted by atomic mass is 16.5. The maximum Gasteiger partial charge on any atom is 0.119 e. The van der Waals surface area contributed by atoms with E-state index < -0.39 is 0 Å². The molecule has 75 heavy (non-hydrogen) atoms. The van der Waals surface area contributed by atoms with E-state index in [1.807, 2.05) is 18.2 Å². The van der Waals surface area contributed by atoms with Gasteiger partial charge in [-0.15, -0.1) is 4.91 Å². The van der Waals surface area contributed by atoms with Crippen LogP contribution in [0.4, 0.5) is 39.8 Å². The first kappa shape index (κ1) is 45.5. The van der Waals surface area contributed by atoms with Crippen LogP contribution >= 0.6 is 0 Å². The molecule has 5 heteroatoms. The molecule has 2 aliphatic rings. The molecule has 13 rings (SSSR count). The molecule has 0 unspecified atom stereocenters. The van der Waals surface area contributed by atoms with Gasteiger partial charge in [0.05, 0.1) is 7.11 Å². The topological polar surface area (TPSA) is 45.1 Å². The molecule has 0 amide bonds. The molecule has 0 heterocycles. The third-order valence-corrected chi connectivity index (χ3v) is 15.3. The number of hydrogen-bond acceptors (Lipinski definition) is 5. The van der Waals surface area contributed by atoms with Crippen LogP contribution in [0.1, 0.15) is 42.0 Å². The molecule has 0 radical (unpaired) electrons. The van der Waals surface area contributed by atoms with E-state index in [0.717, 1.165) is 98.2 Å². The lowest BCUT2D eigenvalue weighted by molar-refractivity contribution is 0.415. The maximum absolute atomic E-state index is 12.8. The van der Waals surface area contributed by atoms with E-state index in [-0.39, 0.29) is 0 Å². The van der Waals surface area contributed by atoms with Crippen LogP contribution in [-0.4, -0.2) is 7.11 Å². The standard InChI is InChI=1S/C70H53N3O2/c1-3-46-14-15-51-20-31-63(39-54(51)36-46)72(60-25-16-49(17-26-60)47-10-6-4-7-11-47)61-29-22-53(23-30-61)69-44-55-37-58-38-59-41-65(33-35-67(59)68(58)43-57(55)45-70(69)71-74)73(62-27-18-50(19-28-62)48-12-8-5-9-13-48)64-32-21-52-24-34-66(75-2)42-56(52)40-64/h4,6-8,10-37,39-45H,3,5,9,38H2,1-2H3. The number of fused-ring (bicyclic) bond motifs is 6. The van der Waals surface area contributed by atoms with Crippen molar-refractivity contribution in [1.82, 2.24) is 0 Å². The molecule has 11 aromatic carbocycles. The maximum atomic E-state index is 12.8. The van der Waals surface area contributed by atoms with E-state index in [4.69, 9.17) is 4.74 Å². The molecule has 0 bridgehead atoms. The Hall–Kier alpha value is -9.32. The zero-order valence-electron chi connectivity index (χ0n) is 42.0. The minimum absolute atomic E-state index is 0.420. The number of methoxy groups -OCH3 is 1. The second-order valence-corrected chi connectivity index (χ2v) is 19.8. The Labute approximate surface area is 437 Å². The van der Waals surface area contributed by atoms with E-state index in [1.54, 1.807) is 7.11 Å². The van der Waals surface area contributed by atoms with Gasteiger partial charge in [-0.05, 0) is 222 Å². The molecule has 0 saturated carbocycles. The summed E-state index contributed by atoms with van der Waals surface area (Å²) in [5.41, 5.74) is 19.6. The van der Waals surface area contributed by atoms with Gasteiger partial charge in [-0.2, -0.15) is 0 Å². The minimum atomic E-state index is 0.420. The van der Waals surface area contributed by atoms with Crippen LogP contribution in [-0.2, 0) is 12.8 Å². The van der Waals surface area contributed by atoms with Crippen molar-refractivity contribution in [2.45, 2.75) is 32.6 Å². The average molecular weight is 968 g/mol. The van der Waals surface area contributed by atoms with E-state index in [2.05, 4.69) is 240 Å². The molecule has 2 aliphatic carbocycles. The third kappa shape index (κ3) is 8.62. The lowest BCUT2D eigenvalue weighted by Gasteiger charge is -2.27. The minimum Gasteiger partial charge on any atom is -0.497 e. The van der Waals surface area contributed by atoms with Gasteiger partial charge in [-0.3, -0.25) is 0 Å². The number of rotatable bonds is 12. The van der Waals surface area contributed by atoms with Crippen molar-refractivity contribution < 1.29 is 4.74 Å². The Kier molecular flexibility index (Phi) is 11.7. The fourth-order valence-corrected chi connectivity index (χ4v) is 11.3. The first-order valence-corrected chi connectivity index (χ1v) is 26.0. The van der Waals surface area contributed by atoms with Gasteiger partial charge in [0.1, 0.15) is 11.4 Å². The molecule has 360 valence electrons. The molecule has 0 spiro atoms. The summed E-state index contributed by atoms with van der Waals surface area (Å²) in [4.78, 5) is 17.4. The Morgan fingerprint density at radius 2 is 0.987 bits per heavy atom. The van der Waals surface area contributed by atoms with Gasteiger partial charge < -0.3 is 14.5 Å². The number of benzene rings is 11. The fourth-order valence-electron chi connectivity index (χ4n) is 11.3. The van der Waals surface area contributed by atoms with Crippen molar-refractivity contribution in [2.75, 3.05) is 16.9 Å². The number of anilines is 6. The van der Waals surface area contributed by atoms with Crippen LogP contribution in [0.3, 0.4) is 0 Å². The second kappa shape index (κ2) is 19.3. The number of allylic oxidation sites excluding steroid dienone is 4. The summed E-state index contributed by atoms with van der Waals surface area (Å²) in [5, 5.41) is 10.4. The molecular weight excluding hydrogens is 915 g/mol. The van der Waals surface area contributed by atoms with Gasteiger partial charge in [0.15, 0.2) is 0 Å². The van der Waals surface area contributed by atoms with Gasteiger partial charge in [0, 0.05) is 39.7 Å². The largest absolute Gasteiger partial charge is 0.497 e. The zero-order valence-corrected chi connectivity index (χ0v) is 42.0. The van der Waals surface area contributed by atoms with Crippen molar-refractivity contribution >= 4 is 77.7 Å². The third-order valence-electron chi connectivity index (χ3n) is 15.3. The molecule has 5 nitrogen and oxygen atoms in total. The van der Waals surface area contributed by atoms with Gasteiger partial charge in [0.2, 0.25) is 0 Å². The number of hydrogen-bond donors (Lipinski definition) is 0. The van der Waals surface area contributed by atoms with Crippen molar-refractivity contribution in [2.24, 2.45) is 5.18 Å². The van der Waals surface area contributed by atoms with Gasteiger partial charge in [-0.25, -0.2) is 0 Å². The van der Waals surface area contributed by atoms with Crippen LogP contribution in [0.5, 0.6) is 5.75 Å². The highest BCUT2D eigenvalue weighted by molar-refractivity contribution is 5.99. The van der Waals surface area contributed by atoms with Gasteiger partial charge in [0.25, 0.3) is 0 Å². The molecule has 11 aromatic rings. The summed E-state index contributed by atoms with van der Waals surface area (Å²) in [6, 6.07) is 78.6. The van der Waals surface area contributed by atoms with Crippen molar-refractivity contribution in [1.29, 1.82) is 0 Å². The van der Waals surface area contributed by atoms with E-state index in [1.165, 1.54) is 60.9 Å². The molecule has 0 fully saturated rings. The molecule has 0 aliphatic heterocycles. The van der Waals surface area contributed by atoms with Crippen LogP contribution < -0.4 is 14.5 Å². The molecule has 0 atom stereocenters. The number of ether oxygens (including phenoxy) is 1. The number of nitrogens with zero attached hydrogens (tertiary/aromatic N) is 3. The summed E-state index contributed by atoms with van der Waals surface area (Å²) in [6.07, 6.45) is 10.8. The number of nitroso groups, excluding NO2 is 1. The first-order valence-electron chi connectivity index (χ1n) is 26.0. The Balaban J connectivity index is 0.837. The monoisotopic (exact) mass is 967 g/mol. The van der Waals surface area contributed by atoms with Gasteiger partial charge >= 0.3 is 0 Å². The SMILES string of the molecule is CCc1ccc2ccc(N(c3ccc(-c4ccccc4)cc3)c3ccc(-c4cc5cc6c(cc5cc4N=O)-c4ccc(N(c5ccc(C7=CCCC=C7)cc5)c5ccc7ccc(OC)cc7c5)cc4C6)cc3)cc2c1. The molecular formula is C70H53N3O2. The lowest BCUT2D eigenvalue weighted by Crippen LogP contribution is -2.10. The predicted octanol–water partition coefficient (Wildman–Crippen LogP) is 19.7. The quantitative estimate of drug-likeness (QED) is 0.114. The summed E-state index contributed by atoms with van der Waals surface area (Å²) >= 11 is 0. The van der Waals surface area contributed by atoms with Crippen molar-refractivity contribution in [3.05, 3.63) is 264 Å². The fraction of sp³-hybridized carbons (Fsp3) is 0.0857. The molecule has 0 aromatic heterocycles. The van der Waals surface area contributed by atoms with E-state index in [0.29, 0.717) is 5.69 Å². The van der Waals surface area contributed by atoms with Gasteiger partial charge in [-0.1, -0.05) is 140 Å². The van der Waals surface area contributed by atoms with Crippen LogP contribution in [0, 0.1) is 4.91 Å². The second-order valence-electron chi connectivity index (χ2n) is 19.8. The highest BCUT2D eigenvalue weighted by Gasteiger charge is 2.24. The van der Waals surface area contributed by atoms with Crippen LogP contribution in [0.15, 0.2) is 242 Å². The van der Waals surface area contributed by atoms with Crippen molar-refractivity contribution in [3.8, 4) is 39.1 Å². The van der Waals surface area contributed by atoms with Crippen LogP contribution in [0.25, 0.3) is 71.3 Å². The summed E-state index contributed by atoms with van der Waals surface area (Å²) in [7, 11) is 1.72. The van der Waals surface area contributed by atoms with E-state index >= 15 is 0 Å². The normalized spacial score (nSPS) is 12.6. The summed E-state index contributed by atoms with van der Waals surface area (Å²) < 4.78 is 5.64.